The first kappa shape index (κ1) is 13.7. The summed E-state index contributed by atoms with van der Waals surface area (Å²) in [4.78, 5) is 5.06. The molecule has 1 unspecified atom stereocenters. The first-order valence-electron chi connectivity index (χ1n) is 8.08. The van der Waals surface area contributed by atoms with Gasteiger partial charge in [-0.2, -0.15) is 0 Å². The zero-order chi connectivity index (χ0) is 13.9. The Morgan fingerprint density at radius 1 is 1.15 bits per heavy atom. The van der Waals surface area contributed by atoms with Gasteiger partial charge in [-0.1, -0.05) is 6.07 Å². The van der Waals surface area contributed by atoms with Gasteiger partial charge >= 0.3 is 0 Å². The number of anilines is 2. The second-order valence-corrected chi connectivity index (χ2v) is 6.46. The molecule has 0 saturated carbocycles. The van der Waals surface area contributed by atoms with Gasteiger partial charge in [-0.15, -0.1) is 0 Å². The summed E-state index contributed by atoms with van der Waals surface area (Å²) in [6.07, 6.45) is 3.93. The summed E-state index contributed by atoms with van der Waals surface area (Å²) in [6, 6.07) is 10.2. The third-order valence-corrected chi connectivity index (χ3v) is 4.64. The van der Waals surface area contributed by atoms with Crippen LogP contribution in [0.15, 0.2) is 24.3 Å². The Morgan fingerprint density at radius 3 is 2.65 bits per heavy atom. The van der Waals surface area contributed by atoms with Crippen LogP contribution < -0.4 is 10.2 Å². The molecule has 0 spiro atoms. The molecule has 0 bridgehead atoms. The van der Waals surface area contributed by atoms with E-state index in [-0.39, 0.29) is 0 Å². The Labute approximate surface area is 123 Å². The second-order valence-electron chi connectivity index (χ2n) is 6.46. The number of rotatable bonds is 4. The van der Waals surface area contributed by atoms with Crippen LogP contribution >= 0.6 is 0 Å². The average Bonchev–Trinajstić information content (AvgIpc) is 3.10. The molecule has 3 rings (SSSR count). The third-order valence-electron chi connectivity index (χ3n) is 4.64. The number of benzene rings is 1. The monoisotopic (exact) mass is 273 g/mol. The van der Waals surface area contributed by atoms with E-state index in [2.05, 4.69) is 53.2 Å². The molecule has 3 heteroatoms. The first-order valence-corrected chi connectivity index (χ1v) is 8.08. The van der Waals surface area contributed by atoms with Crippen LogP contribution in [-0.4, -0.2) is 43.2 Å². The van der Waals surface area contributed by atoms with E-state index in [9.17, 15) is 0 Å². The molecule has 1 aromatic carbocycles. The summed E-state index contributed by atoms with van der Waals surface area (Å²) in [6.45, 7) is 9.40. The normalized spacial score (nSPS) is 23.8. The summed E-state index contributed by atoms with van der Waals surface area (Å²) in [7, 11) is 0. The van der Waals surface area contributed by atoms with E-state index < -0.39 is 0 Å². The largest absolute Gasteiger partial charge is 0.381 e. The fourth-order valence-corrected chi connectivity index (χ4v) is 3.38. The first-order chi connectivity index (χ1) is 9.72. The van der Waals surface area contributed by atoms with Crippen LogP contribution in [0.1, 0.15) is 33.1 Å². The van der Waals surface area contributed by atoms with E-state index in [1.807, 2.05) is 0 Å². The molecule has 0 aromatic heterocycles. The zero-order valence-electron chi connectivity index (χ0n) is 12.8. The molecule has 1 N–H and O–H groups in total. The van der Waals surface area contributed by atoms with Crippen LogP contribution in [0.5, 0.6) is 0 Å². The molecular weight excluding hydrogens is 246 g/mol. The lowest BCUT2D eigenvalue weighted by molar-refractivity contribution is 0.274. The van der Waals surface area contributed by atoms with Gasteiger partial charge in [0, 0.05) is 49.6 Å². The van der Waals surface area contributed by atoms with Crippen molar-refractivity contribution in [2.24, 2.45) is 0 Å². The maximum absolute atomic E-state index is 3.72. The SMILES string of the molecule is CC(C)N1CCC(Nc2cccc(N3CCCC3)c2)C1. The predicted octanol–water partition coefficient (Wildman–Crippen LogP) is 3.18. The highest BCUT2D eigenvalue weighted by molar-refractivity contribution is 5.58. The second kappa shape index (κ2) is 6.04. The lowest BCUT2D eigenvalue weighted by Crippen LogP contribution is -2.31. The van der Waals surface area contributed by atoms with Gasteiger partial charge in [0.05, 0.1) is 0 Å². The van der Waals surface area contributed by atoms with Crippen LogP contribution in [0.25, 0.3) is 0 Å². The average molecular weight is 273 g/mol. The molecule has 2 saturated heterocycles. The number of hydrogen-bond donors (Lipinski definition) is 1. The number of hydrogen-bond acceptors (Lipinski definition) is 3. The topological polar surface area (TPSA) is 18.5 Å². The van der Waals surface area contributed by atoms with Crippen LogP contribution in [-0.2, 0) is 0 Å². The van der Waals surface area contributed by atoms with Crippen molar-refractivity contribution in [3.63, 3.8) is 0 Å². The predicted molar refractivity (Wildman–Crippen MR) is 86.6 cm³/mol. The Hall–Kier alpha value is -1.22. The summed E-state index contributed by atoms with van der Waals surface area (Å²) in [5.41, 5.74) is 2.66. The van der Waals surface area contributed by atoms with Crippen LogP contribution in [0.4, 0.5) is 11.4 Å². The fourth-order valence-electron chi connectivity index (χ4n) is 3.38. The van der Waals surface area contributed by atoms with E-state index in [1.54, 1.807) is 0 Å². The van der Waals surface area contributed by atoms with Crippen molar-refractivity contribution >= 4 is 11.4 Å². The van der Waals surface area contributed by atoms with Gasteiger partial charge in [0.25, 0.3) is 0 Å². The molecule has 3 nitrogen and oxygen atoms in total. The fraction of sp³-hybridized carbons (Fsp3) is 0.647. The molecule has 2 fully saturated rings. The Kier molecular flexibility index (Phi) is 4.16. The highest BCUT2D eigenvalue weighted by Gasteiger charge is 2.24. The molecule has 2 heterocycles. The Bertz CT molecular complexity index is 438. The van der Waals surface area contributed by atoms with Crippen molar-refractivity contribution in [1.82, 2.24) is 4.90 Å². The molecule has 1 aromatic rings. The van der Waals surface area contributed by atoms with Gasteiger partial charge in [-0.05, 0) is 51.3 Å². The van der Waals surface area contributed by atoms with Crippen LogP contribution in [0.3, 0.4) is 0 Å². The summed E-state index contributed by atoms with van der Waals surface area (Å²) < 4.78 is 0. The Morgan fingerprint density at radius 2 is 1.95 bits per heavy atom. The van der Waals surface area contributed by atoms with Crippen LogP contribution in [0, 0.1) is 0 Å². The molecule has 20 heavy (non-hydrogen) atoms. The highest BCUT2D eigenvalue weighted by atomic mass is 15.2. The van der Waals surface area contributed by atoms with E-state index in [0.29, 0.717) is 12.1 Å². The van der Waals surface area contributed by atoms with Gasteiger partial charge in [-0.3, -0.25) is 4.90 Å². The molecule has 110 valence electrons. The van der Waals surface area contributed by atoms with Gasteiger partial charge in [0.15, 0.2) is 0 Å². The van der Waals surface area contributed by atoms with Crippen molar-refractivity contribution in [2.75, 3.05) is 36.4 Å². The van der Waals surface area contributed by atoms with Crippen molar-refractivity contribution < 1.29 is 0 Å². The third kappa shape index (κ3) is 3.09. The van der Waals surface area contributed by atoms with Gasteiger partial charge < -0.3 is 10.2 Å². The number of nitrogens with one attached hydrogen (secondary N) is 1. The summed E-state index contributed by atoms with van der Waals surface area (Å²) in [5, 5.41) is 3.72. The molecule has 2 aliphatic rings. The minimum Gasteiger partial charge on any atom is -0.381 e. The van der Waals surface area contributed by atoms with Gasteiger partial charge in [-0.25, -0.2) is 0 Å². The molecule has 1 atom stereocenters. The Balaban J connectivity index is 1.61. The number of nitrogens with zero attached hydrogens (tertiary/aromatic N) is 2. The van der Waals surface area contributed by atoms with Crippen molar-refractivity contribution in [3.8, 4) is 0 Å². The van der Waals surface area contributed by atoms with E-state index in [0.717, 1.165) is 0 Å². The molecular formula is C17H27N3. The van der Waals surface area contributed by atoms with Gasteiger partial charge in [0.2, 0.25) is 0 Å². The molecule has 0 radical (unpaired) electrons. The van der Waals surface area contributed by atoms with E-state index in [4.69, 9.17) is 0 Å². The van der Waals surface area contributed by atoms with Crippen LogP contribution in [0.2, 0.25) is 0 Å². The smallest absolute Gasteiger partial charge is 0.0400 e. The summed E-state index contributed by atoms with van der Waals surface area (Å²) in [5.74, 6) is 0. The van der Waals surface area contributed by atoms with E-state index in [1.165, 1.54) is 56.8 Å². The minimum absolute atomic E-state index is 0.603. The van der Waals surface area contributed by atoms with Gasteiger partial charge in [0.1, 0.15) is 0 Å². The van der Waals surface area contributed by atoms with Crippen molar-refractivity contribution in [2.45, 2.75) is 45.2 Å². The zero-order valence-corrected chi connectivity index (χ0v) is 12.8. The minimum atomic E-state index is 0.603. The highest BCUT2D eigenvalue weighted by Crippen LogP contribution is 2.25. The van der Waals surface area contributed by atoms with Crippen molar-refractivity contribution in [1.29, 1.82) is 0 Å². The maximum atomic E-state index is 3.72. The molecule has 0 amide bonds. The van der Waals surface area contributed by atoms with Crippen molar-refractivity contribution in [3.05, 3.63) is 24.3 Å². The maximum Gasteiger partial charge on any atom is 0.0400 e. The molecule has 0 aliphatic carbocycles. The standard InChI is InChI=1S/C17H27N3/c1-14(2)20-11-8-16(13-20)18-15-6-5-7-17(12-15)19-9-3-4-10-19/h5-7,12,14,16,18H,3-4,8-11,13H2,1-2H3. The quantitative estimate of drug-likeness (QED) is 0.909. The molecule has 2 aliphatic heterocycles. The summed E-state index contributed by atoms with van der Waals surface area (Å²) >= 11 is 0. The lowest BCUT2D eigenvalue weighted by atomic mass is 10.2. The number of likely N-dealkylation sites (tertiary alicyclic amines) is 1. The van der Waals surface area contributed by atoms with E-state index >= 15 is 0 Å². The lowest BCUT2D eigenvalue weighted by Gasteiger charge is -2.22.